The third kappa shape index (κ3) is 8.56. The minimum atomic E-state index is -0.428. The van der Waals surface area contributed by atoms with Gasteiger partial charge < -0.3 is 20.1 Å². The van der Waals surface area contributed by atoms with Gasteiger partial charge in [-0.2, -0.15) is 0 Å². The molecule has 1 aliphatic rings. The van der Waals surface area contributed by atoms with Crippen molar-refractivity contribution in [2.45, 2.75) is 90.3 Å². The second kappa shape index (κ2) is 10.1. The van der Waals surface area contributed by atoms with Crippen molar-refractivity contribution in [1.29, 1.82) is 0 Å². The monoisotopic (exact) mass is 328 g/mol. The highest BCUT2D eigenvalue weighted by atomic mass is 16.6. The Bertz CT molecular complexity index is 342. The number of aliphatic hydroxyl groups excluding tert-OH is 1. The minimum absolute atomic E-state index is 0.170. The van der Waals surface area contributed by atoms with Crippen LogP contribution >= 0.6 is 0 Å². The number of aliphatic hydroxyl groups is 1. The summed E-state index contributed by atoms with van der Waals surface area (Å²) in [7, 11) is 0. The Morgan fingerprint density at radius 3 is 2.65 bits per heavy atom. The first-order chi connectivity index (χ1) is 10.8. The molecule has 0 aromatic rings. The molecule has 0 bridgehead atoms. The number of hydrogen-bond donors (Lipinski definition) is 2. The minimum Gasteiger partial charge on any atom is -0.444 e. The molecule has 0 radical (unpaired) electrons. The van der Waals surface area contributed by atoms with Crippen LogP contribution in [0.25, 0.3) is 0 Å². The summed E-state index contributed by atoms with van der Waals surface area (Å²) < 4.78 is 5.52. The van der Waals surface area contributed by atoms with Gasteiger partial charge in [-0.3, -0.25) is 0 Å². The number of carbonyl (C=O) groups is 1. The van der Waals surface area contributed by atoms with Crippen LogP contribution in [0.2, 0.25) is 0 Å². The van der Waals surface area contributed by atoms with Crippen LogP contribution in [0, 0.1) is 0 Å². The van der Waals surface area contributed by atoms with E-state index in [0.29, 0.717) is 18.7 Å². The Labute approximate surface area is 141 Å². The van der Waals surface area contributed by atoms with Crippen molar-refractivity contribution in [3.05, 3.63) is 0 Å². The molecule has 0 aromatic heterocycles. The van der Waals surface area contributed by atoms with Gasteiger partial charge in [0.05, 0.1) is 0 Å². The third-order valence-electron chi connectivity index (χ3n) is 4.21. The summed E-state index contributed by atoms with van der Waals surface area (Å²) in [5.41, 5.74) is -0.428. The van der Waals surface area contributed by atoms with Gasteiger partial charge in [0.2, 0.25) is 0 Å². The zero-order valence-electron chi connectivity index (χ0n) is 15.4. The van der Waals surface area contributed by atoms with Gasteiger partial charge >= 0.3 is 6.09 Å². The van der Waals surface area contributed by atoms with Crippen LogP contribution in [-0.2, 0) is 4.74 Å². The molecule has 2 N–H and O–H groups in total. The number of carbonyl (C=O) groups excluding carboxylic acids is 1. The number of unbranched alkanes of at least 4 members (excludes halogenated alkanes) is 3. The topological polar surface area (TPSA) is 61.8 Å². The van der Waals surface area contributed by atoms with E-state index in [2.05, 4.69) is 12.2 Å². The maximum atomic E-state index is 12.3. The SMILES string of the molecule is CC(CC1CCCN1C(=O)OC(C)(C)C)NCCCCCCO. The summed E-state index contributed by atoms with van der Waals surface area (Å²) in [5, 5.41) is 12.3. The molecular weight excluding hydrogens is 292 g/mol. The fourth-order valence-corrected chi connectivity index (χ4v) is 3.07. The van der Waals surface area contributed by atoms with Gasteiger partial charge in [-0.05, 0) is 66.3 Å². The predicted octanol–water partition coefficient (Wildman–Crippen LogP) is 3.31. The number of nitrogens with one attached hydrogen (secondary N) is 1. The maximum absolute atomic E-state index is 12.3. The number of amides is 1. The van der Waals surface area contributed by atoms with Crippen LogP contribution in [0.4, 0.5) is 4.79 Å². The molecule has 1 saturated heterocycles. The Kier molecular flexibility index (Phi) is 8.92. The van der Waals surface area contributed by atoms with Gasteiger partial charge in [-0.15, -0.1) is 0 Å². The summed E-state index contributed by atoms with van der Waals surface area (Å²) in [6, 6.07) is 0.697. The average Bonchev–Trinajstić information content (AvgIpc) is 2.89. The molecule has 0 aliphatic carbocycles. The molecule has 2 atom stereocenters. The highest BCUT2D eigenvalue weighted by Gasteiger charge is 2.32. The first-order valence-corrected chi connectivity index (χ1v) is 9.17. The molecule has 1 rings (SSSR count). The summed E-state index contributed by atoms with van der Waals surface area (Å²) in [6.07, 6.45) is 7.26. The fraction of sp³-hybridized carbons (Fsp3) is 0.944. The van der Waals surface area contributed by atoms with E-state index in [-0.39, 0.29) is 6.09 Å². The molecule has 0 spiro atoms. The fourth-order valence-electron chi connectivity index (χ4n) is 3.07. The van der Waals surface area contributed by atoms with E-state index in [1.54, 1.807) is 0 Å². The Balaban J connectivity index is 2.27. The summed E-state index contributed by atoms with van der Waals surface area (Å²) >= 11 is 0. The van der Waals surface area contributed by atoms with Crippen molar-refractivity contribution >= 4 is 6.09 Å². The van der Waals surface area contributed by atoms with Gasteiger partial charge in [-0.25, -0.2) is 4.79 Å². The number of ether oxygens (including phenoxy) is 1. The Morgan fingerprint density at radius 1 is 1.30 bits per heavy atom. The van der Waals surface area contributed by atoms with Gasteiger partial charge in [-0.1, -0.05) is 12.8 Å². The van der Waals surface area contributed by atoms with Crippen LogP contribution in [-0.4, -0.2) is 53.5 Å². The van der Waals surface area contributed by atoms with Gasteiger partial charge in [0, 0.05) is 25.2 Å². The number of hydrogen-bond acceptors (Lipinski definition) is 4. The van der Waals surface area contributed by atoms with E-state index >= 15 is 0 Å². The van der Waals surface area contributed by atoms with E-state index in [9.17, 15) is 4.79 Å². The maximum Gasteiger partial charge on any atom is 0.410 e. The van der Waals surface area contributed by atoms with Crippen molar-refractivity contribution in [2.24, 2.45) is 0 Å². The quantitative estimate of drug-likeness (QED) is 0.638. The Morgan fingerprint density at radius 2 is 2.00 bits per heavy atom. The lowest BCUT2D eigenvalue weighted by atomic mass is 10.1. The first-order valence-electron chi connectivity index (χ1n) is 9.17. The molecular formula is C18H36N2O3. The van der Waals surface area contributed by atoms with Crippen LogP contribution in [0.3, 0.4) is 0 Å². The molecule has 2 unspecified atom stereocenters. The zero-order valence-corrected chi connectivity index (χ0v) is 15.4. The smallest absolute Gasteiger partial charge is 0.410 e. The van der Waals surface area contributed by atoms with Crippen molar-refractivity contribution < 1.29 is 14.6 Å². The standard InChI is InChI=1S/C18H36N2O3/c1-15(19-11-7-5-6-8-13-21)14-16-10-9-12-20(16)17(22)23-18(2,3)4/h15-16,19,21H,5-14H2,1-4H3. The van der Waals surface area contributed by atoms with Gasteiger partial charge in [0.25, 0.3) is 0 Å². The van der Waals surface area contributed by atoms with E-state index in [1.165, 1.54) is 0 Å². The van der Waals surface area contributed by atoms with Crippen molar-refractivity contribution in [3.8, 4) is 0 Å². The zero-order chi connectivity index (χ0) is 17.3. The first kappa shape index (κ1) is 20.2. The molecule has 5 nitrogen and oxygen atoms in total. The number of likely N-dealkylation sites (tertiary alicyclic amines) is 1. The van der Waals surface area contributed by atoms with E-state index in [1.807, 2.05) is 25.7 Å². The van der Waals surface area contributed by atoms with Crippen LogP contribution < -0.4 is 5.32 Å². The second-order valence-corrected chi connectivity index (χ2v) is 7.70. The van der Waals surface area contributed by atoms with Gasteiger partial charge in [0.15, 0.2) is 0 Å². The molecule has 136 valence electrons. The normalized spacial score (nSPS) is 19.9. The summed E-state index contributed by atoms with van der Waals surface area (Å²) in [5.74, 6) is 0. The molecule has 1 aliphatic heterocycles. The molecule has 0 saturated carbocycles. The van der Waals surface area contributed by atoms with Crippen LogP contribution in [0.5, 0.6) is 0 Å². The highest BCUT2D eigenvalue weighted by molar-refractivity contribution is 5.68. The predicted molar refractivity (Wildman–Crippen MR) is 93.6 cm³/mol. The largest absolute Gasteiger partial charge is 0.444 e. The lowest BCUT2D eigenvalue weighted by Gasteiger charge is -2.30. The molecule has 23 heavy (non-hydrogen) atoms. The average molecular weight is 328 g/mol. The van der Waals surface area contributed by atoms with E-state index in [0.717, 1.165) is 58.0 Å². The molecule has 5 heteroatoms. The lowest BCUT2D eigenvalue weighted by Crippen LogP contribution is -2.42. The molecule has 1 amide bonds. The van der Waals surface area contributed by atoms with Crippen molar-refractivity contribution in [2.75, 3.05) is 19.7 Å². The summed E-state index contributed by atoms with van der Waals surface area (Å²) in [6.45, 7) is 10.1. The van der Waals surface area contributed by atoms with E-state index < -0.39 is 5.60 Å². The molecule has 0 aromatic carbocycles. The molecule has 1 heterocycles. The molecule has 1 fully saturated rings. The number of rotatable bonds is 9. The Hall–Kier alpha value is -0.810. The van der Waals surface area contributed by atoms with Crippen molar-refractivity contribution in [3.63, 3.8) is 0 Å². The van der Waals surface area contributed by atoms with Crippen LogP contribution in [0.1, 0.15) is 72.6 Å². The number of nitrogens with zero attached hydrogens (tertiary/aromatic N) is 1. The second-order valence-electron chi connectivity index (χ2n) is 7.70. The van der Waals surface area contributed by atoms with Crippen LogP contribution in [0.15, 0.2) is 0 Å². The summed E-state index contributed by atoms with van der Waals surface area (Å²) in [4.78, 5) is 14.2. The van der Waals surface area contributed by atoms with Crippen molar-refractivity contribution in [1.82, 2.24) is 10.2 Å². The highest BCUT2D eigenvalue weighted by Crippen LogP contribution is 2.24. The van der Waals surface area contributed by atoms with Gasteiger partial charge in [0.1, 0.15) is 5.60 Å². The third-order valence-corrected chi connectivity index (χ3v) is 4.21. The van der Waals surface area contributed by atoms with E-state index in [4.69, 9.17) is 9.84 Å². The lowest BCUT2D eigenvalue weighted by molar-refractivity contribution is 0.0214.